The Hall–Kier alpha value is -3.53. The van der Waals surface area contributed by atoms with Crippen LogP contribution in [0.15, 0.2) is 48.7 Å². The van der Waals surface area contributed by atoms with Crippen LogP contribution in [0.1, 0.15) is 0 Å². The van der Waals surface area contributed by atoms with Crippen molar-refractivity contribution in [1.82, 2.24) is 4.90 Å². The van der Waals surface area contributed by atoms with E-state index >= 15 is 0 Å². The van der Waals surface area contributed by atoms with Crippen LogP contribution in [0, 0.1) is 10.1 Å². The summed E-state index contributed by atoms with van der Waals surface area (Å²) < 4.78 is 5.22. The molecule has 10 nitrogen and oxygen atoms in total. The third kappa shape index (κ3) is 5.72. The second kappa shape index (κ2) is 9.60. The topological polar surface area (TPSA) is 119 Å². The SMILES string of the molecule is O=C(COCC(=O)N1CCN(c2cccc[nH+]2)CC1)Nc1ccc([N+](=O)[O-])cc1. The number of rotatable bonds is 7. The Balaban J connectivity index is 1.36. The quantitative estimate of drug-likeness (QED) is 0.540. The van der Waals surface area contributed by atoms with Crippen LogP contribution in [-0.4, -0.2) is 61.0 Å². The molecule has 0 radical (unpaired) electrons. The number of hydrogen-bond donors (Lipinski definition) is 1. The number of nitrogens with zero attached hydrogens (tertiary/aromatic N) is 3. The van der Waals surface area contributed by atoms with E-state index in [-0.39, 0.29) is 24.8 Å². The lowest BCUT2D eigenvalue weighted by Gasteiger charge is -2.30. The number of carbonyl (C=O) groups excluding carboxylic acids is 2. The number of benzene rings is 1. The van der Waals surface area contributed by atoms with Gasteiger partial charge in [-0.1, -0.05) is 6.07 Å². The van der Waals surface area contributed by atoms with Crippen LogP contribution in [0.2, 0.25) is 0 Å². The number of pyridine rings is 1. The van der Waals surface area contributed by atoms with E-state index in [0.717, 1.165) is 5.82 Å². The van der Waals surface area contributed by atoms with Crippen molar-refractivity contribution < 1.29 is 24.2 Å². The molecule has 152 valence electrons. The van der Waals surface area contributed by atoms with Crippen molar-refractivity contribution in [3.05, 3.63) is 58.8 Å². The molecule has 1 aromatic heterocycles. The van der Waals surface area contributed by atoms with Gasteiger partial charge in [0.1, 0.15) is 26.3 Å². The van der Waals surface area contributed by atoms with Gasteiger partial charge in [-0.3, -0.25) is 24.6 Å². The van der Waals surface area contributed by atoms with Crippen molar-refractivity contribution >= 4 is 29.0 Å². The van der Waals surface area contributed by atoms with Crippen LogP contribution in [0.3, 0.4) is 0 Å². The van der Waals surface area contributed by atoms with Gasteiger partial charge in [0, 0.05) is 23.9 Å². The molecule has 2 amide bonds. The number of nitrogens with one attached hydrogen (secondary N) is 2. The van der Waals surface area contributed by atoms with E-state index in [4.69, 9.17) is 4.74 Å². The normalized spacial score (nSPS) is 13.8. The first kappa shape index (κ1) is 20.2. The molecule has 0 unspecified atom stereocenters. The van der Waals surface area contributed by atoms with Crippen LogP contribution < -0.4 is 15.2 Å². The average molecular weight is 400 g/mol. The maximum absolute atomic E-state index is 12.3. The smallest absolute Gasteiger partial charge is 0.274 e. The summed E-state index contributed by atoms with van der Waals surface area (Å²) in [5.41, 5.74) is 0.361. The maximum atomic E-state index is 12.3. The van der Waals surface area contributed by atoms with E-state index in [1.54, 1.807) is 4.90 Å². The van der Waals surface area contributed by atoms with E-state index in [9.17, 15) is 19.7 Å². The number of nitro benzene ring substituents is 1. The van der Waals surface area contributed by atoms with Gasteiger partial charge in [0.25, 0.3) is 11.5 Å². The number of hydrogen-bond acceptors (Lipinski definition) is 6. The van der Waals surface area contributed by atoms with Crippen LogP contribution in [0.5, 0.6) is 0 Å². The minimum atomic E-state index is -0.516. The second-order valence-electron chi connectivity index (χ2n) is 6.46. The molecule has 1 aliphatic heterocycles. The maximum Gasteiger partial charge on any atom is 0.274 e. The molecule has 0 saturated carbocycles. The number of piperazine rings is 1. The molecule has 1 aliphatic rings. The van der Waals surface area contributed by atoms with Crippen molar-refractivity contribution in [2.75, 3.05) is 49.6 Å². The number of H-pyrrole nitrogens is 1. The first-order valence-electron chi connectivity index (χ1n) is 9.14. The molecule has 1 fully saturated rings. The van der Waals surface area contributed by atoms with Crippen LogP contribution in [0.4, 0.5) is 17.2 Å². The fourth-order valence-corrected chi connectivity index (χ4v) is 2.96. The number of aromatic amines is 1. The highest BCUT2D eigenvalue weighted by molar-refractivity contribution is 5.92. The zero-order chi connectivity index (χ0) is 20.6. The number of ether oxygens (including phenoxy) is 1. The number of anilines is 2. The summed E-state index contributed by atoms with van der Waals surface area (Å²) in [6.07, 6.45) is 1.86. The van der Waals surface area contributed by atoms with Gasteiger partial charge >= 0.3 is 0 Å². The molecule has 0 spiro atoms. The minimum absolute atomic E-state index is 0.0601. The molecule has 0 atom stereocenters. The first-order valence-corrected chi connectivity index (χ1v) is 9.14. The Morgan fingerprint density at radius 1 is 1.07 bits per heavy atom. The molecular formula is C19H22N5O5+. The number of amides is 2. The third-order valence-electron chi connectivity index (χ3n) is 4.49. The molecule has 1 aromatic carbocycles. The predicted octanol–water partition coefficient (Wildman–Crippen LogP) is 0.713. The van der Waals surface area contributed by atoms with Crippen molar-refractivity contribution in [3.63, 3.8) is 0 Å². The van der Waals surface area contributed by atoms with Crippen LogP contribution in [0.25, 0.3) is 0 Å². The number of non-ortho nitro benzene ring substituents is 1. The third-order valence-corrected chi connectivity index (χ3v) is 4.49. The minimum Gasteiger partial charge on any atom is -0.362 e. The van der Waals surface area contributed by atoms with Crippen LogP contribution in [-0.2, 0) is 14.3 Å². The lowest BCUT2D eigenvalue weighted by molar-refractivity contribution is -0.384. The van der Waals surface area contributed by atoms with E-state index < -0.39 is 10.8 Å². The monoisotopic (exact) mass is 400 g/mol. The van der Waals surface area contributed by atoms with Gasteiger partial charge in [-0.05, 0) is 18.2 Å². The average Bonchev–Trinajstić information content (AvgIpc) is 2.75. The zero-order valence-corrected chi connectivity index (χ0v) is 15.7. The fourth-order valence-electron chi connectivity index (χ4n) is 2.96. The summed E-state index contributed by atoms with van der Waals surface area (Å²) in [6.45, 7) is 2.15. The van der Waals surface area contributed by atoms with E-state index in [0.29, 0.717) is 31.9 Å². The molecule has 10 heteroatoms. The highest BCUT2D eigenvalue weighted by atomic mass is 16.6. The molecular weight excluding hydrogens is 378 g/mol. The number of aromatic nitrogens is 1. The lowest BCUT2D eigenvalue weighted by Crippen LogP contribution is -2.51. The van der Waals surface area contributed by atoms with Gasteiger partial charge in [0.15, 0.2) is 0 Å². The Morgan fingerprint density at radius 3 is 2.41 bits per heavy atom. The largest absolute Gasteiger partial charge is 0.362 e. The van der Waals surface area contributed by atoms with Gasteiger partial charge in [0.05, 0.1) is 24.2 Å². The summed E-state index contributed by atoms with van der Waals surface area (Å²) in [6, 6.07) is 11.3. The van der Waals surface area contributed by atoms with Gasteiger partial charge in [-0.25, -0.2) is 4.98 Å². The van der Waals surface area contributed by atoms with E-state index in [1.165, 1.54) is 24.3 Å². The summed E-state index contributed by atoms with van der Waals surface area (Å²) >= 11 is 0. The van der Waals surface area contributed by atoms with Crippen molar-refractivity contribution in [1.29, 1.82) is 0 Å². The Bertz CT molecular complexity index is 851. The highest BCUT2D eigenvalue weighted by Crippen LogP contribution is 2.15. The molecule has 0 bridgehead atoms. The summed E-state index contributed by atoms with van der Waals surface area (Å²) in [5.74, 6) is 0.416. The summed E-state index contributed by atoms with van der Waals surface area (Å²) in [7, 11) is 0. The van der Waals surface area contributed by atoms with Gasteiger partial charge in [0.2, 0.25) is 11.8 Å². The molecule has 2 heterocycles. The summed E-state index contributed by atoms with van der Waals surface area (Å²) in [4.78, 5) is 41.3. The predicted molar refractivity (Wildman–Crippen MR) is 104 cm³/mol. The zero-order valence-electron chi connectivity index (χ0n) is 15.7. The van der Waals surface area contributed by atoms with Crippen molar-refractivity contribution in [2.45, 2.75) is 0 Å². The molecule has 0 aliphatic carbocycles. The first-order chi connectivity index (χ1) is 14.0. The lowest BCUT2D eigenvalue weighted by atomic mass is 10.3. The van der Waals surface area contributed by atoms with Crippen molar-refractivity contribution in [3.8, 4) is 0 Å². The molecule has 2 aromatic rings. The fraction of sp³-hybridized carbons (Fsp3) is 0.316. The molecule has 29 heavy (non-hydrogen) atoms. The van der Waals surface area contributed by atoms with Crippen molar-refractivity contribution in [2.24, 2.45) is 0 Å². The van der Waals surface area contributed by atoms with E-state index in [1.807, 2.05) is 24.4 Å². The molecule has 2 N–H and O–H groups in total. The Kier molecular flexibility index (Phi) is 6.69. The van der Waals surface area contributed by atoms with Gasteiger partial charge in [-0.2, -0.15) is 0 Å². The standard InChI is InChI=1S/C19H21N5O5/c25-18(21-15-4-6-16(7-5-15)24(27)28)13-29-14-19(26)23-11-9-22(10-12-23)17-3-1-2-8-20-17/h1-8H,9-14H2,(H,21,25)/p+1. The second-order valence-corrected chi connectivity index (χ2v) is 6.46. The van der Waals surface area contributed by atoms with E-state index in [2.05, 4.69) is 15.2 Å². The molecule has 3 rings (SSSR count). The van der Waals surface area contributed by atoms with Crippen LogP contribution >= 0.6 is 0 Å². The number of nitro groups is 1. The Morgan fingerprint density at radius 2 is 1.79 bits per heavy atom. The molecule has 1 saturated heterocycles. The van der Waals surface area contributed by atoms with Gasteiger partial charge in [-0.15, -0.1) is 0 Å². The number of carbonyl (C=O) groups is 2. The van der Waals surface area contributed by atoms with Gasteiger partial charge < -0.3 is 15.0 Å². The summed E-state index contributed by atoms with van der Waals surface area (Å²) in [5, 5.41) is 13.2. The Labute approximate surface area is 167 Å². The highest BCUT2D eigenvalue weighted by Gasteiger charge is 2.26.